The first-order valence-electron chi connectivity index (χ1n) is 12.2. The fourth-order valence-corrected chi connectivity index (χ4v) is 5.20. The molecule has 0 bridgehead atoms. The molecule has 1 aromatic rings. The minimum absolute atomic E-state index is 0.277. The second kappa shape index (κ2) is 11.0. The molecular formula is C25H36N4O4. The van der Waals surface area contributed by atoms with Crippen LogP contribution in [-0.4, -0.2) is 74.3 Å². The Labute approximate surface area is 196 Å². The molecule has 2 heterocycles. The van der Waals surface area contributed by atoms with Crippen LogP contribution in [0.5, 0.6) is 5.75 Å². The Morgan fingerprint density at radius 3 is 2.39 bits per heavy atom. The number of rotatable bonds is 7. The van der Waals surface area contributed by atoms with Crippen molar-refractivity contribution in [1.82, 2.24) is 20.4 Å². The van der Waals surface area contributed by atoms with Crippen molar-refractivity contribution in [2.45, 2.75) is 51.1 Å². The number of benzene rings is 1. The number of carbonyl (C=O) groups excluding carboxylic acids is 2. The highest BCUT2D eigenvalue weighted by Gasteiger charge is 2.35. The van der Waals surface area contributed by atoms with Gasteiger partial charge in [0.1, 0.15) is 5.75 Å². The molecule has 1 saturated heterocycles. The number of nitrogens with one attached hydrogen (secondary N) is 2. The summed E-state index contributed by atoms with van der Waals surface area (Å²) < 4.78 is 10.6. The van der Waals surface area contributed by atoms with E-state index in [0.717, 1.165) is 37.5 Å². The highest BCUT2D eigenvalue weighted by Crippen LogP contribution is 2.30. The predicted molar refractivity (Wildman–Crippen MR) is 126 cm³/mol. The van der Waals surface area contributed by atoms with Crippen LogP contribution >= 0.6 is 0 Å². The van der Waals surface area contributed by atoms with E-state index < -0.39 is 12.0 Å². The van der Waals surface area contributed by atoms with Crippen LogP contribution in [0.4, 0.5) is 4.79 Å². The van der Waals surface area contributed by atoms with Crippen molar-refractivity contribution in [3.8, 4) is 5.75 Å². The maximum atomic E-state index is 13.0. The molecule has 180 valence electrons. The minimum Gasteiger partial charge on any atom is -0.497 e. The van der Waals surface area contributed by atoms with Gasteiger partial charge in [-0.1, -0.05) is 31.4 Å². The lowest BCUT2D eigenvalue weighted by Crippen LogP contribution is -2.53. The first-order chi connectivity index (χ1) is 16.1. The Morgan fingerprint density at radius 2 is 1.76 bits per heavy atom. The zero-order chi connectivity index (χ0) is 23.2. The molecule has 8 heteroatoms. The average molecular weight is 457 g/mol. The molecule has 1 aromatic carbocycles. The van der Waals surface area contributed by atoms with E-state index in [1.165, 1.54) is 32.1 Å². The fraction of sp³-hybridized carbons (Fsp3) is 0.600. The quantitative estimate of drug-likeness (QED) is 0.614. The van der Waals surface area contributed by atoms with Crippen molar-refractivity contribution in [3.05, 3.63) is 41.1 Å². The Balaban J connectivity index is 1.52. The van der Waals surface area contributed by atoms with E-state index in [-0.39, 0.29) is 12.6 Å². The molecule has 1 aliphatic carbocycles. The van der Waals surface area contributed by atoms with E-state index in [2.05, 4.69) is 20.4 Å². The normalized spacial score (nSPS) is 23.1. The highest BCUT2D eigenvalue weighted by molar-refractivity contribution is 5.95. The van der Waals surface area contributed by atoms with Gasteiger partial charge in [0.25, 0.3) is 0 Å². The first-order valence-corrected chi connectivity index (χ1v) is 12.2. The van der Waals surface area contributed by atoms with Gasteiger partial charge in [-0.3, -0.25) is 9.80 Å². The zero-order valence-electron chi connectivity index (χ0n) is 19.8. The Kier molecular flexibility index (Phi) is 7.88. The molecule has 1 saturated carbocycles. The number of carbonyl (C=O) groups is 2. The Hall–Kier alpha value is -2.58. The van der Waals surface area contributed by atoms with Crippen LogP contribution < -0.4 is 15.4 Å². The number of nitrogens with zero attached hydrogens (tertiary/aromatic N) is 2. The molecule has 0 aromatic heterocycles. The molecule has 0 radical (unpaired) electrons. The van der Waals surface area contributed by atoms with Gasteiger partial charge in [0.15, 0.2) is 0 Å². The van der Waals surface area contributed by atoms with Crippen LogP contribution in [0.15, 0.2) is 35.5 Å². The van der Waals surface area contributed by atoms with Crippen molar-refractivity contribution < 1.29 is 19.1 Å². The van der Waals surface area contributed by atoms with E-state index in [1.54, 1.807) is 14.0 Å². The SMILES string of the molecule is CCOC(=O)C1=C(CN2CCN(C3CCCCC3)CC2)NC(=O)N[C@H]1c1ccc(OC)cc1. The van der Waals surface area contributed by atoms with Gasteiger partial charge in [-0.2, -0.15) is 0 Å². The monoisotopic (exact) mass is 456 g/mol. The smallest absolute Gasteiger partial charge is 0.338 e. The van der Waals surface area contributed by atoms with Gasteiger partial charge in [0.05, 0.1) is 25.3 Å². The van der Waals surface area contributed by atoms with Gasteiger partial charge in [0, 0.05) is 44.5 Å². The molecule has 8 nitrogen and oxygen atoms in total. The molecule has 2 fully saturated rings. The van der Waals surface area contributed by atoms with Crippen molar-refractivity contribution in [2.75, 3.05) is 46.4 Å². The van der Waals surface area contributed by atoms with E-state index in [1.807, 2.05) is 24.3 Å². The summed E-state index contributed by atoms with van der Waals surface area (Å²) in [6, 6.07) is 7.24. The van der Waals surface area contributed by atoms with Crippen molar-refractivity contribution in [2.24, 2.45) is 0 Å². The molecule has 0 unspecified atom stereocenters. The molecule has 1 atom stereocenters. The second-order valence-electron chi connectivity index (χ2n) is 9.02. The van der Waals surface area contributed by atoms with E-state index in [4.69, 9.17) is 9.47 Å². The van der Waals surface area contributed by atoms with Crippen LogP contribution in [0.3, 0.4) is 0 Å². The Bertz CT molecular complexity index is 856. The first kappa shape index (κ1) is 23.6. The zero-order valence-corrected chi connectivity index (χ0v) is 19.8. The predicted octanol–water partition coefficient (Wildman–Crippen LogP) is 2.82. The largest absolute Gasteiger partial charge is 0.497 e. The minimum atomic E-state index is -0.567. The second-order valence-corrected chi connectivity index (χ2v) is 9.02. The molecular weight excluding hydrogens is 420 g/mol. The molecule has 4 rings (SSSR count). The van der Waals surface area contributed by atoms with E-state index in [9.17, 15) is 9.59 Å². The molecule has 2 aliphatic heterocycles. The molecule has 33 heavy (non-hydrogen) atoms. The topological polar surface area (TPSA) is 83.1 Å². The third-order valence-corrected chi connectivity index (χ3v) is 6.98. The highest BCUT2D eigenvalue weighted by atomic mass is 16.5. The summed E-state index contributed by atoms with van der Waals surface area (Å²) in [6.45, 7) is 6.49. The third kappa shape index (κ3) is 5.68. The molecule has 0 spiro atoms. The summed E-state index contributed by atoms with van der Waals surface area (Å²) in [7, 11) is 1.61. The van der Waals surface area contributed by atoms with Crippen LogP contribution in [-0.2, 0) is 9.53 Å². The number of urea groups is 1. The summed E-state index contributed by atoms with van der Waals surface area (Å²) >= 11 is 0. The molecule has 2 N–H and O–H groups in total. The number of hydrogen-bond donors (Lipinski definition) is 2. The van der Waals surface area contributed by atoms with Gasteiger partial charge < -0.3 is 20.1 Å². The third-order valence-electron chi connectivity index (χ3n) is 6.98. The maximum Gasteiger partial charge on any atom is 0.338 e. The standard InChI is InChI=1S/C25H36N4O4/c1-3-33-24(30)22-21(17-28-13-15-29(16-14-28)19-7-5-4-6-8-19)26-25(31)27-23(22)18-9-11-20(32-2)12-10-18/h9-12,19,23H,3-8,13-17H2,1-2H3,(H2,26,27,31)/t23-/m0/s1. The van der Waals surface area contributed by atoms with E-state index in [0.29, 0.717) is 23.9 Å². The molecule has 2 amide bonds. The van der Waals surface area contributed by atoms with Crippen molar-refractivity contribution in [1.29, 1.82) is 0 Å². The summed E-state index contributed by atoms with van der Waals surface area (Å²) in [6.07, 6.45) is 6.66. The lowest BCUT2D eigenvalue weighted by Gasteiger charge is -2.41. The summed E-state index contributed by atoms with van der Waals surface area (Å²) in [5.41, 5.74) is 1.91. The van der Waals surface area contributed by atoms with E-state index >= 15 is 0 Å². The Morgan fingerprint density at radius 1 is 1.06 bits per heavy atom. The van der Waals surface area contributed by atoms with Crippen molar-refractivity contribution in [3.63, 3.8) is 0 Å². The van der Waals surface area contributed by atoms with Crippen LogP contribution in [0.25, 0.3) is 0 Å². The number of hydrogen-bond acceptors (Lipinski definition) is 6. The molecule has 3 aliphatic rings. The lowest BCUT2D eigenvalue weighted by atomic mass is 9.93. The summed E-state index contributed by atoms with van der Waals surface area (Å²) in [5, 5.41) is 5.80. The number of amides is 2. The summed E-state index contributed by atoms with van der Waals surface area (Å²) in [5.74, 6) is 0.318. The van der Waals surface area contributed by atoms with Gasteiger partial charge >= 0.3 is 12.0 Å². The number of ether oxygens (including phenoxy) is 2. The van der Waals surface area contributed by atoms with Gasteiger partial charge in [-0.25, -0.2) is 9.59 Å². The number of methoxy groups -OCH3 is 1. The number of esters is 1. The van der Waals surface area contributed by atoms with Crippen LogP contribution in [0, 0.1) is 0 Å². The fourth-order valence-electron chi connectivity index (χ4n) is 5.20. The summed E-state index contributed by atoms with van der Waals surface area (Å²) in [4.78, 5) is 30.5. The maximum absolute atomic E-state index is 13.0. The van der Waals surface area contributed by atoms with Crippen LogP contribution in [0.1, 0.15) is 50.6 Å². The van der Waals surface area contributed by atoms with Crippen molar-refractivity contribution >= 4 is 12.0 Å². The van der Waals surface area contributed by atoms with Gasteiger partial charge in [-0.15, -0.1) is 0 Å². The average Bonchev–Trinajstić information content (AvgIpc) is 2.85. The van der Waals surface area contributed by atoms with Gasteiger partial charge in [-0.05, 0) is 37.5 Å². The van der Waals surface area contributed by atoms with Crippen LogP contribution in [0.2, 0.25) is 0 Å². The van der Waals surface area contributed by atoms with Gasteiger partial charge in [0.2, 0.25) is 0 Å². The number of piperazine rings is 1. The lowest BCUT2D eigenvalue weighted by molar-refractivity contribution is -0.139.